The number of methoxy groups -OCH3 is 1. The fourth-order valence-electron chi connectivity index (χ4n) is 1.68. The number of amides is 1. The third kappa shape index (κ3) is 3.53. The summed E-state index contributed by atoms with van der Waals surface area (Å²) in [4.78, 5) is 18.5. The Balaban J connectivity index is 2.82. The van der Waals surface area contributed by atoms with Crippen molar-refractivity contribution in [2.45, 2.75) is 39.8 Å². The van der Waals surface area contributed by atoms with Crippen LogP contribution >= 0.6 is 0 Å². The minimum Gasteiger partial charge on any atom is -0.369 e. The number of pyridine rings is 1. The summed E-state index contributed by atoms with van der Waals surface area (Å²) >= 11 is 0. The molecule has 0 radical (unpaired) electrons. The Labute approximate surface area is 109 Å². The van der Waals surface area contributed by atoms with Crippen molar-refractivity contribution in [1.29, 1.82) is 0 Å². The lowest BCUT2D eigenvalue weighted by Crippen LogP contribution is -2.46. The Kier molecular flexibility index (Phi) is 4.84. The number of carbonyl (C=O) groups is 1. The average molecular weight is 250 g/mol. The second-order valence-electron chi connectivity index (χ2n) is 4.80. The van der Waals surface area contributed by atoms with Gasteiger partial charge in [-0.15, -0.1) is 0 Å². The summed E-state index contributed by atoms with van der Waals surface area (Å²) in [5.74, 6) is -0.0178. The lowest BCUT2D eigenvalue weighted by atomic mass is 10.1. The molecule has 1 aromatic heterocycles. The molecule has 1 heterocycles. The first-order chi connectivity index (χ1) is 8.40. The molecule has 0 N–H and O–H groups in total. The van der Waals surface area contributed by atoms with Crippen molar-refractivity contribution in [1.82, 2.24) is 9.88 Å². The molecule has 0 aliphatic heterocycles. The lowest BCUT2D eigenvalue weighted by molar-refractivity contribution is -0.151. The normalized spacial score (nSPS) is 11.4. The van der Waals surface area contributed by atoms with Crippen LogP contribution in [-0.4, -0.2) is 35.0 Å². The lowest BCUT2D eigenvalue weighted by Gasteiger charge is -2.30. The molecule has 0 saturated heterocycles. The van der Waals surface area contributed by atoms with Gasteiger partial charge >= 0.3 is 0 Å². The highest BCUT2D eigenvalue weighted by molar-refractivity contribution is 5.84. The van der Waals surface area contributed by atoms with Crippen LogP contribution in [0.3, 0.4) is 0 Å². The number of aromatic nitrogens is 1. The molecule has 4 heteroatoms. The Morgan fingerprint density at radius 1 is 1.44 bits per heavy atom. The number of carbonyl (C=O) groups excluding carboxylic acids is 1. The van der Waals surface area contributed by atoms with Gasteiger partial charge in [0.25, 0.3) is 5.91 Å². The van der Waals surface area contributed by atoms with E-state index in [2.05, 4.69) is 4.98 Å². The van der Waals surface area contributed by atoms with Gasteiger partial charge in [0, 0.05) is 19.3 Å². The summed E-state index contributed by atoms with van der Waals surface area (Å²) in [6.07, 6.45) is 0. The molecule has 0 aromatic carbocycles. The second kappa shape index (κ2) is 5.96. The first-order valence-corrected chi connectivity index (χ1v) is 6.17. The van der Waals surface area contributed by atoms with Crippen LogP contribution in [0.5, 0.6) is 0 Å². The predicted octanol–water partition coefficient (Wildman–Crippen LogP) is 2.16. The molecule has 18 heavy (non-hydrogen) atoms. The van der Waals surface area contributed by atoms with Crippen molar-refractivity contribution < 1.29 is 9.53 Å². The van der Waals surface area contributed by atoms with Gasteiger partial charge in [-0.3, -0.25) is 9.78 Å². The molecule has 0 saturated carbocycles. The van der Waals surface area contributed by atoms with Crippen molar-refractivity contribution in [2.75, 3.05) is 13.7 Å². The number of ether oxygens (including phenoxy) is 1. The van der Waals surface area contributed by atoms with Crippen LogP contribution in [0, 0.1) is 6.92 Å². The standard InChI is InChI=1S/C14H22N2O2/c1-6-16(13(17)14(3,4)18-5)10-12-9-7-8-11(2)15-12/h7-9H,6,10H2,1-5H3. The Morgan fingerprint density at radius 3 is 2.61 bits per heavy atom. The van der Waals surface area contributed by atoms with E-state index in [4.69, 9.17) is 4.74 Å². The number of aryl methyl sites for hydroxylation is 1. The fraction of sp³-hybridized carbons (Fsp3) is 0.571. The molecule has 100 valence electrons. The maximum absolute atomic E-state index is 12.3. The SMILES string of the molecule is CCN(Cc1cccc(C)n1)C(=O)C(C)(C)OC. The summed E-state index contributed by atoms with van der Waals surface area (Å²) < 4.78 is 5.23. The monoisotopic (exact) mass is 250 g/mol. The van der Waals surface area contributed by atoms with E-state index < -0.39 is 5.60 Å². The van der Waals surface area contributed by atoms with E-state index in [9.17, 15) is 4.79 Å². The van der Waals surface area contributed by atoms with E-state index in [1.165, 1.54) is 0 Å². The van der Waals surface area contributed by atoms with E-state index in [1.54, 1.807) is 25.9 Å². The summed E-state index contributed by atoms with van der Waals surface area (Å²) in [6, 6.07) is 5.83. The fourth-order valence-corrected chi connectivity index (χ4v) is 1.68. The zero-order chi connectivity index (χ0) is 13.8. The highest BCUT2D eigenvalue weighted by atomic mass is 16.5. The number of nitrogens with zero attached hydrogens (tertiary/aromatic N) is 2. The zero-order valence-electron chi connectivity index (χ0n) is 11.9. The number of likely N-dealkylation sites (N-methyl/N-ethyl adjacent to an activating group) is 1. The minimum atomic E-state index is -0.792. The molecule has 1 rings (SSSR count). The Bertz CT molecular complexity index is 416. The van der Waals surface area contributed by atoms with Gasteiger partial charge in [0.1, 0.15) is 5.60 Å². The van der Waals surface area contributed by atoms with Gasteiger partial charge in [0.15, 0.2) is 0 Å². The minimum absolute atomic E-state index is 0.0178. The zero-order valence-corrected chi connectivity index (χ0v) is 11.9. The Hall–Kier alpha value is -1.42. The molecule has 0 unspecified atom stereocenters. The van der Waals surface area contributed by atoms with Gasteiger partial charge < -0.3 is 9.64 Å². The smallest absolute Gasteiger partial charge is 0.254 e. The van der Waals surface area contributed by atoms with E-state index in [0.717, 1.165) is 11.4 Å². The van der Waals surface area contributed by atoms with Crippen molar-refractivity contribution in [3.63, 3.8) is 0 Å². The van der Waals surface area contributed by atoms with Crippen LogP contribution in [0.1, 0.15) is 32.2 Å². The molecule has 1 amide bonds. The number of rotatable bonds is 5. The highest BCUT2D eigenvalue weighted by Gasteiger charge is 2.31. The van der Waals surface area contributed by atoms with Crippen molar-refractivity contribution in [2.24, 2.45) is 0 Å². The molecular formula is C14H22N2O2. The van der Waals surface area contributed by atoms with Crippen LogP contribution in [-0.2, 0) is 16.1 Å². The topological polar surface area (TPSA) is 42.4 Å². The van der Waals surface area contributed by atoms with Crippen LogP contribution in [0.2, 0.25) is 0 Å². The number of hydrogen-bond acceptors (Lipinski definition) is 3. The highest BCUT2D eigenvalue weighted by Crippen LogP contribution is 2.14. The maximum atomic E-state index is 12.3. The Morgan fingerprint density at radius 2 is 2.11 bits per heavy atom. The van der Waals surface area contributed by atoms with Crippen molar-refractivity contribution in [3.05, 3.63) is 29.6 Å². The molecule has 0 spiro atoms. The molecule has 0 atom stereocenters. The van der Waals surface area contributed by atoms with Crippen molar-refractivity contribution >= 4 is 5.91 Å². The summed E-state index contributed by atoms with van der Waals surface area (Å²) in [6.45, 7) is 8.62. The molecule has 0 fully saturated rings. The first kappa shape index (κ1) is 14.6. The average Bonchev–Trinajstić information content (AvgIpc) is 2.35. The van der Waals surface area contributed by atoms with Gasteiger partial charge in [0.05, 0.1) is 12.2 Å². The van der Waals surface area contributed by atoms with Gasteiger partial charge in [-0.05, 0) is 39.8 Å². The van der Waals surface area contributed by atoms with Gasteiger partial charge in [-0.2, -0.15) is 0 Å². The van der Waals surface area contributed by atoms with Gasteiger partial charge in [0.2, 0.25) is 0 Å². The molecule has 4 nitrogen and oxygen atoms in total. The summed E-state index contributed by atoms with van der Waals surface area (Å²) in [5, 5.41) is 0. The molecular weight excluding hydrogens is 228 g/mol. The van der Waals surface area contributed by atoms with Gasteiger partial charge in [-0.1, -0.05) is 6.07 Å². The molecule has 1 aromatic rings. The summed E-state index contributed by atoms with van der Waals surface area (Å²) in [5.41, 5.74) is 1.07. The van der Waals surface area contributed by atoms with Gasteiger partial charge in [-0.25, -0.2) is 0 Å². The quantitative estimate of drug-likeness (QED) is 0.804. The van der Waals surface area contributed by atoms with E-state index in [0.29, 0.717) is 13.1 Å². The third-order valence-electron chi connectivity index (χ3n) is 2.99. The number of hydrogen-bond donors (Lipinski definition) is 0. The predicted molar refractivity (Wildman–Crippen MR) is 71.2 cm³/mol. The van der Waals surface area contributed by atoms with Crippen LogP contribution < -0.4 is 0 Å². The van der Waals surface area contributed by atoms with Crippen molar-refractivity contribution in [3.8, 4) is 0 Å². The largest absolute Gasteiger partial charge is 0.369 e. The first-order valence-electron chi connectivity index (χ1n) is 6.17. The van der Waals surface area contributed by atoms with Crippen LogP contribution in [0.4, 0.5) is 0 Å². The molecule has 0 aliphatic carbocycles. The van der Waals surface area contributed by atoms with Crippen LogP contribution in [0.15, 0.2) is 18.2 Å². The van der Waals surface area contributed by atoms with E-state index in [1.807, 2.05) is 32.0 Å². The third-order valence-corrected chi connectivity index (χ3v) is 2.99. The summed E-state index contributed by atoms with van der Waals surface area (Å²) in [7, 11) is 1.55. The molecule has 0 bridgehead atoms. The second-order valence-corrected chi connectivity index (χ2v) is 4.80. The molecule has 0 aliphatic rings. The maximum Gasteiger partial charge on any atom is 0.254 e. The van der Waals surface area contributed by atoms with Crippen LogP contribution in [0.25, 0.3) is 0 Å². The van der Waals surface area contributed by atoms with E-state index in [-0.39, 0.29) is 5.91 Å². The van der Waals surface area contributed by atoms with E-state index >= 15 is 0 Å².